The Kier molecular flexibility index (Phi) is 6.05. The molecule has 0 bridgehead atoms. The van der Waals surface area contributed by atoms with E-state index in [1.54, 1.807) is 6.07 Å². The summed E-state index contributed by atoms with van der Waals surface area (Å²) in [6.07, 6.45) is 8.22. The van der Waals surface area contributed by atoms with Crippen LogP contribution in [-0.4, -0.2) is 38.5 Å². The molecule has 1 saturated heterocycles. The van der Waals surface area contributed by atoms with Crippen LogP contribution in [0.25, 0.3) is 0 Å². The van der Waals surface area contributed by atoms with Crippen LogP contribution in [0, 0.1) is 0 Å². The van der Waals surface area contributed by atoms with Gasteiger partial charge in [0.1, 0.15) is 16.5 Å². The van der Waals surface area contributed by atoms with Gasteiger partial charge in [-0.3, -0.25) is 0 Å². The van der Waals surface area contributed by atoms with E-state index in [9.17, 15) is 8.42 Å². The molecule has 1 aliphatic rings. The van der Waals surface area contributed by atoms with Crippen LogP contribution in [0.5, 0.6) is 0 Å². The van der Waals surface area contributed by atoms with Crippen molar-refractivity contribution in [1.29, 1.82) is 0 Å². The first-order valence-electron chi connectivity index (χ1n) is 8.92. The lowest BCUT2D eigenvalue weighted by Gasteiger charge is -2.21. The molecular formula is C18H25N5O2S. The third-order valence-electron chi connectivity index (χ3n) is 4.53. The van der Waals surface area contributed by atoms with E-state index in [2.05, 4.69) is 31.0 Å². The van der Waals surface area contributed by atoms with E-state index in [-0.39, 0.29) is 4.90 Å². The number of hydrogen-bond acceptors (Lipinski definition) is 6. The highest BCUT2D eigenvalue weighted by Crippen LogP contribution is 2.19. The predicted octanol–water partition coefficient (Wildman–Crippen LogP) is 2.38. The van der Waals surface area contributed by atoms with E-state index in [1.165, 1.54) is 45.0 Å². The quantitative estimate of drug-likeness (QED) is 0.806. The normalized spacial score (nSPS) is 15.5. The Morgan fingerprint density at radius 3 is 2.50 bits per heavy atom. The Labute approximate surface area is 154 Å². The first-order valence-corrected chi connectivity index (χ1v) is 10.4. The highest BCUT2D eigenvalue weighted by molar-refractivity contribution is 7.89. The summed E-state index contributed by atoms with van der Waals surface area (Å²) in [4.78, 5) is 11.2. The minimum absolute atomic E-state index is 0.151. The van der Waals surface area contributed by atoms with Crippen LogP contribution in [0.4, 0.5) is 11.6 Å². The minimum atomic E-state index is -3.46. The Morgan fingerprint density at radius 1 is 1.08 bits per heavy atom. The molecule has 140 valence electrons. The van der Waals surface area contributed by atoms with Gasteiger partial charge in [0.05, 0.1) is 0 Å². The second kappa shape index (κ2) is 8.46. The van der Waals surface area contributed by atoms with E-state index in [0.29, 0.717) is 12.4 Å². The number of hydrogen-bond donors (Lipinski definition) is 2. The van der Waals surface area contributed by atoms with Crippen molar-refractivity contribution >= 4 is 21.7 Å². The molecule has 26 heavy (non-hydrogen) atoms. The number of rotatable bonds is 6. The summed E-state index contributed by atoms with van der Waals surface area (Å²) < 4.78 is 25.7. The number of nitrogens with zero attached hydrogens (tertiary/aromatic N) is 3. The molecule has 2 aromatic heterocycles. The predicted molar refractivity (Wildman–Crippen MR) is 103 cm³/mol. The van der Waals surface area contributed by atoms with Crippen molar-refractivity contribution in [2.75, 3.05) is 30.4 Å². The fourth-order valence-electron chi connectivity index (χ4n) is 3.00. The van der Waals surface area contributed by atoms with Crippen LogP contribution in [0.1, 0.15) is 31.2 Å². The Hall–Kier alpha value is -2.19. The number of aromatic nitrogens is 2. The standard InChI is InChI=1S/C18H25N5O2S/c1-19-26(24,25)16-6-7-17(22-14-16)21-13-15-8-9-20-18(12-15)23-10-4-2-3-5-11-23/h6-9,12,14,19H,2-5,10-11,13H2,1H3,(H,21,22). The highest BCUT2D eigenvalue weighted by atomic mass is 32.2. The molecule has 3 heterocycles. The lowest BCUT2D eigenvalue weighted by molar-refractivity contribution is 0.588. The van der Waals surface area contributed by atoms with Gasteiger partial charge in [0.25, 0.3) is 0 Å². The lowest BCUT2D eigenvalue weighted by atomic mass is 10.2. The maximum Gasteiger partial charge on any atom is 0.241 e. The first-order chi connectivity index (χ1) is 12.6. The molecular weight excluding hydrogens is 350 g/mol. The molecule has 1 aliphatic heterocycles. The molecule has 0 unspecified atom stereocenters. The van der Waals surface area contributed by atoms with Crippen molar-refractivity contribution in [3.05, 3.63) is 42.2 Å². The largest absolute Gasteiger partial charge is 0.366 e. The van der Waals surface area contributed by atoms with E-state index >= 15 is 0 Å². The number of pyridine rings is 2. The van der Waals surface area contributed by atoms with Gasteiger partial charge < -0.3 is 10.2 Å². The second-order valence-corrected chi connectivity index (χ2v) is 8.25. The second-order valence-electron chi connectivity index (χ2n) is 6.36. The third kappa shape index (κ3) is 4.70. The van der Waals surface area contributed by atoms with E-state index < -0.39 is 10.0 Å². The maximum absolute atomic E-state index is 11.7. The summed E-state index contributed by atoms with van der Waals surface area (Å²) in [6, 6.07) is 7.30. The molecule has 0 spiro atoms. The molecule has 1 fully saturated rings. The van der Waals surface area contributed by atoms with E-state index in [4.69, 9.17) is 0 Å². The molecule has 0 saturated carbocycles. The van der Waals surface area contributed by atoms with E-state index in [0.717, 1.165) is 24.5 Å². The van der Waals surface area contributed by atoms with Gasteiger partial charge in [0.2, 0.25) is 10.0 Å². The fraction of sp³-hybridized carbons (Fsp3) is 0.444. The lowest BCUT2D eigenvalue weighted by Crippen LogP contribution is -2.25. The third-order valence-corrected chi connectivity index (χ3v) is 5.93. The number of sulfonamides is 1. The minimum Gasteiger partial charge on any atom is -0.366 e. The molecule has 2 N–H and O–H groups in total. The zero-order valence-corrected chi connectivity index (χ0v) is 15.8. The van der Waals surface area contributed by atoms with E-state index in [1.807, 2.05) is 12.3 Å². The monoisotopic (exact) mass is 375 g/mol. The summed E-state index contributed by atoms with van der Waals surface area (Å²) in [7, 11) is -2.08. The molecule has 0 radical (unpaired) electrons. The van der Waals surface area contributed by atoms with Crippen LogP contribution in [-0.2, 0) is 16.6 Å². The summed E-state index contributed by atoms with van der Waals surface area (Å²) in [5.74, 6) is 1.66. The molecule has 0 atom stereocenters. The molecule has 3 rings (SSSR count). The highest BCUT2D eigenvalue weighted by Gasteiger charge is 2.12. The first kappa shape index (κ1) is 18.6. The topological polar surface area (TPSA) is 87.2 Å². The summed E-state index contributed by atoms with van der Waals surface area (Å²) in [5.41, 5.74) is 1.12. The van der Waals surface area contributed by atoms with Crippen LogP contribution in [0.15, 0.2) is 41.6 Å². The van der Waals surface area contributed by atoms with Gasteiger partial charge in [-0.2, -0.15) is 0 Å². The molecule has 0 amide bonds. The van der Waals surface area contributed by atoms with Gasteiger partial charge in [0.15, 0.2) is 0 Å². The van der Waals surface area contributed by atoms with Crippen LogP contribution in [0.3, 0.4) is 0 Å². The van der Waals surface area contributed by atoms with Gasteiger partial charge in [-0.1, -0.05) is 12.8 Å². The Morgan fingerprint density at radius 2 is 1.85 bits per heavy atom. The summed E-state index contributed by atoms with van der Waals surface area (Å²) in [6.45, 7) is 2.73. The SMILES string of the molecule is CNS(=O)(=O)c1ccc(NCc2ccnc(N3CCCCCC3)c2)nc1. The van der Waals surface area contributed by atoms with Gasteiger partial charge in [0, 0.05) is 32.0 Å². The van der Waals surface area contributed by atoms with Crippen molar-refractivity contribution in [1.82, 2.24) is 14.7 Å². The smallest absolute Gasteiger partial charge is 0.241 e. The average molecular weight is 375 g/mol. The zero-order valence-electron chi connectivity index (χ0n) is 15.0. The van der Waals surface area contributed by atoms with Crippen molar-refractivity contribution in [3.8, 4) is 0 Å². The van der Waals surface area contributed by atoms with Crippen molar-refractivity contribution in [2.45, 2.75) is 37.1 Å². The zero-order chi connectivity index (χ0) is 18.4. The Balaban J connectivity index is 1.63. The summed E-state index contributed by atoms with van der Waals surface area (Å²) in [5, 5.41) is 3.23. The maximum atomic E-state index is 11.7. The number of nitrogens with one attached hydrogen (secondary N) is 2. The van der Waals surface area contributed by atoms with Crippen LogP contribution in [0.2, 0.25) is 0 Å². The molecule has 0 aromatic carbocycles. The molecule has 8 heteroatoms. The van der Waals surface area contributed by atoms with Gasteiger partial charge >= 0.3 is 0 Å². The van der Waals surface area contributed by atoms with Crippen LogP contribution >= 0.6 is 0 Å². The molecule has 2 aromatic rings. The molecule has 0 aliphatic carbocycles. The van der Waals surface area contributed by atoms with Crippen molar-refractivity contribution < 1.29 is 8.42 Å². The number of anilines is 2. The van der Waals surface area contributed by atoms with Gasteiger partial charge in [-0.25, -0.2) is 23.1 Å². The Bertz CT molecular complexity index is 816. The fourth-order valence-corrected chi connectivity index (χ4v) is 3.67. The molecule has 7 nitrogen and oxygen atoms in total. The van der Waals surface area contributed by atoms with Crippen molar-refractivity contribution in [2.24, 2.45) is 0 Å². The summed E-state index contributed by atoms with van der Waals surface area (Å²) >= 11 is 0. The van der Waals surface area contributed by atoms with Crippen LogP contribution < -0.4 is 14.9 Å². The van der Waals surface area contributed by atoms with Gasteiger partial charge in [-0.05, 0) is 49.7 Å². The van der Waals surface area contributed by atoms with Gasteiger partial charge in [-0.15, -0.1) is 0 Å². The van der Waals surface area contributed by atoms with Crippen molar-refractivity contribution in [3.63, 3.8) is 0 Å². The average Bonchev–Trinajstić information content (AvgIpc) is 2.96.